The van der Waals surface area contributed by atoms with E-state index in [9.17, 15) is 9.59 Å². The van der Waals surface area contributed by atoms with Crippen LogP contribution in [0, 0.1) is 0 Å². The highest BCUT2D eigenvalue weighted by atomic mass is 32.2. The van der Waals surface area contributed by atoms with Gasteiger partial charge in [-0.05, 0) is 29.9 Å². The monoisotopic (exact) mass is 455 g/mol. The molecule has 0 bridgehead atoms. The molecule has 8 nitrogen and oxygen atoms in total. The molecular weight excluding hydrogens is 434 g/mol. The quantitative estimate of drug-likeness (QED) is 0.431. The molecule has 1 atom stereocenters. The van der Waals surface area contributed by atoms with Gasteiger partial charge in [-0.3, -0.25) is 18.6 Å². The Morgan fingerprint density at radius 2 is 2.13 bits per heavy atom. The highest BCUT2D eigenvalue weighted by Gasteiger charge is 2.22. The number of carbonyl (C=O) groups excluding carboxylic acids is 1. The van der Waals surface area contributed by atoms with E-state index in [2.05, 4.69) is 15.5 Å². The fraction of sp³-hybridized carbons (Fsp3) is 0.333. The predicted molar refractivity (Wildman–Crippen MR) is 121 cm³/mol. The fourth-order valence-corrected chi connectivity index (χ4v) is 5.32. The summed E-state index contributed by atoms with van der Waals surface area (Å²) in [6.45, 7) is 1.66. The third kappa shape index (κ3) is 4.10. The maximum absolute atomic E-state index is 13.1. The normalized spacial score (nSPS) is 16.3. The minimum absolute atomic E-state index is 0.00970. The van der Waals surface area contributed by atoms with Crippen LogP contribution in [0.2, 0.25) is 0 Å². The summed E-state index contributed by atoms with van der Waals surface area (Å²) in [6.07, 6.45) is 1.94. The number of fused-ring (bicyclic) bond motifs is 3. The van der Waals surface area contributed by atoms with Crippen LogP contribution in [0.25, 0.3) is 16.0 Å². The zero-order valence-corrected chi connectivity index (χ0v) is 18.3. The summed E-state index contributed by atoms with van der Waals surface area (Å²) in [5.41, 5.74) is 1.75. The van der Waals surface area contributed by atoms with E-state index in [4.69, 9.17) is 4.74 Å². The smallest absolute Gasteiger partial charge is 0.272 e. The van der Waals surface area contributed by atoms with Crippen molar-refractivity contribution in [2.75, 3.05) is 12.4 Å². The van der Waals surface area contributed by atoms with Crippen LogP contribution in [-0.2, 0) is 22.6 Å². The fourth-order valence-electron chi connectivity index (χ4n) is 3.73. The summed E-state index contributed by atoms with van der Waals surface area (Å²) in [7, 11) is 0. The number of hydrogen-bond acceptors (Lipinski definition) is 7. The molecule has 1 fully saturated rings. The number of hydrogen-bond donors (Lipinski definition) is 1. The molecule has 1 N–H and O–H groups in total. The molecule has 31 heavy (non-hydrogen) atoms. The lowest BCUT2D eigenvalue weighted by Gasteiger charge is -2.13. The van der Waals surface area contributed by atoms with Crippen molar-refractivity contribution in [1.82, 2.24) is 24.5 Å². The molecule has 1 unspecified atom stereocenters. The highest BCUT2D eigenvalue weighted by molar-refractivity contribution is 7.99. The molecular formula is C21H21N5O3S2. The largest absolute Gasteiger partial charge is 0.376 e. The number of thioether (sulfide) groups is 1. The van der Waals surface area contributed by atoms with Crippen LogP contribution in [0.4, 0.5) is 0 Å². The van der Waals surface area contributed by atoms with Crippen LogP contribution in [-0.4, -0.2) is 43.5 Å². The summed E-state index contributed by atoms with van der Waals surface area (Å²) >= 11 is 2.71. The van der Waals surface area contributed by atoms with Crippen molar-refractivity contribution < 1.29 is 9.53 Å². The van der Waals surface area contributed by atoms with E-state index in [1.807, 2.05) is 46.2 Å². The van der Waals surface area contributed by atoms with Crippen LogP contribution < -0.4 is 10.9 Å². The summed E-state index contributed by atoms with van der Waals surface area (Å²) < 4.78 is 9.91. The second kappa shape index (κ2) is 8.81. The van der Waals surface area contributed by atoms with Gasteiger partial charge in [-0.1, -0.05) is 42.1 Å². The van der Waals surface area contributed by atoms with Gasteiger partial charge < -0.3 is 10.1 Å². The Balaban J connectivity index is 1.38. The number of nitrogens with zero attached hydrogens (tertiary/aromatic N) is 4. The Morgan fingerprint density at radius 1 is 1.26 bits per heavy atom. The third-order valence-electron chi connectivity index (χ3n) is 5.26. The number of rotatable bonds is 7. The van der Waals surface area contributed by atoms with Gasteiger partial charge >= 0.3 is 0 Å². The first-order chi connectivity index (χ1) is 15.2. The lowest BCUT2D eigenvalue weighted by molar-refractivity contribution is -0.118. The van der Waals surface area contributed by atoms with Gasteiger partial charge in [0.05, 0.1) is 23.9 Å². The standard InChI is InChI=1S/C21H21N5O3S2/c27-17(22-11-14-5-2-1-3-6-14)13-31-21-24-23-20-25(12-15-7-4-9-29-15)19(28)18-16(26(20)21)8-10-30-18/h1-3,5-6,8,10,15H,4,7,9,11-13H2,(H,22,27). The van der Waals surface area contributed by atoms with Crippen molar-refractivity contribution >= 4 is 45.0 Å². The van der Waals surface area contributed by atoms with E-state index in [0.29, 0.717) is 28.7 Å². The van der Waals surface area contributed by atoms with Crippen molar-refractivity contribution in [2.45, 2.75) is 37.2 Å². The second-order valence-corrected chi connectivity index (χ2v) is 9.21. The van der Waals surface area contributed by atoms with Crippen molar-refractivity contribution in [3.63, 3.8) is 0 Å². The van der Waals surface area contributed by atoms with Crippen molar-refractivity contribution in [2.24, 2.45) is 0 Å². The SMILES string of the molecule is O=C(CSc1nnc2n(CC3CCCO3)c(=O)c3sccc3n12)NCc1ccccc1. The average Bonchev–Trinajstić information content (AvgIpc) is 3.55. The van der Waals surface area contributed by atoms with E-state index in [1.54, 1.807) is 4.57 Å². The number of carbonyl (C=O) groups is 1. The van der Waals surface area contributed by atoms with Gasteiger partial charge in [0.2, 0.25) is 11.7 Å². The first-order valence-corrected chi connectivity index (χ1v) is 12.0. The lowest BCUT2D eigenvalue weighted by atomic mass is 10.2. The summed E-state index contributed by atoms with van der Waals surface area (Å²) in [6, 6.07) is 11.7. The Kier molecular flexibility index (Phi) is 5.75. The third-order valence-corrected chi connectivity index (χ3v) is 7.08. The van der Waals surface area contributed by atoms with Gasteiger partial charge in [-0.2, -0.15) is 0 Å². The number of ether oxygens (including phenoxy) is 1. The Bertz CT molecular complexity index is 1270. The van der Waals surface area contributed by atoms with Crippen LogP contribution in [0.5, 0.6) is 0 Å². The summed E-state index contributed by atoms with van der Waals surface area (Å²) in [4.78, 5) is 25.4. The zero-order valence-electron chi connectivity index (χ0n) is 16.7. The molecule has 1 saturated heterocycles. The number of aromatic nitrogens is 4. The first-order valence-electron chi connectivity index (χ1n) is 10.1. The molecule has 0 spiro atoms. The van der Waals surface area contributed by atoms with Gasteiger partial charge in [0.1, 0.15) is 4.70 Å². The number of benzene rings is 1. The molecule has 1 amide bonds. The Morgan fingerprint density at radius 3 is 2.94 bits per heavy atom. The summed E-state index contributed by atoms with van der Waals surface area (Å²) in [5.74, 6) is 0.614. The number of thiophene rings is 1. The molecule has 3 aromatic heterocycles. The minimum atomic E-state index is -0.0835. The molecule has 1 aliphatic heterocycles. The van der Waals surface area contributed by atoms with Crippen LogP contribution >= 0.6 is 23.1 Å². The number of amides is 1. The van der Waals surface area contributed by atoms with Crippen LogP contribution in [0.15, 0.2) is 51.7 Å². The van der Waals surface area contributed by atoms with Gasteiger partial charge in [0.25, 0.3) is 5.56 Å². The van der Waals surface area contributed by atoms with Crippen LogP contribution in [0.3, 0.4) is 0 Å². The van der Waals surface area contributed by atoms with E-state index < -0.39 is 0 Å². The van der Waals surface area contributed by atoms with Gasteiger partial charge in [0, 0.05) is 13.2 Å². The van der Waals surface area contributed by atoms with Crippen molar-refractivity contribution in [3.8, 4) is 0 Å². The van der Waals surface area contributed by atoms with E-state index in [1.165, 1.54) is 23.1 Å². The molecule has 0 saturated carbocycles. The maximum Gasteiger partial charge on any atom is 0.272 e. The molecule has 1 aliphatic rings. The Labute approximate surface area is 186 Å². The first kappa shape index (κ1) is 20.2. The summed E-state index contributed by atoms with van der Waals surface area (Å²) in [5, 5.41) is 14.0. The van der Waals surface area contributed by atoms with E-state index in [-0.39, 0.29) is 23.3 Å². The molecule has 4 aromatic rings. The second-order valence-electron chi connectivity index (χ2n) is 7.35. The topological polar surface area (TPSA) is 90.5 Å². The average molecular weight is 456 g/mol. The highest BCUT2D eigenvalue weighted by Crippen LogP contribution is 2.25. The maximum atomic E-state index is 13.1. The van der Waals surface area contributed by atoms with E-state index >= 15 is 0 Å². The van der Waals surface area contributed by atoms with Gasteiger partial charge in [-0.25, -0.2) is 0 Å². The van der Waals surface area contributed by atoms with Gasteiger partial charge in [-0.15, -0.1) is 21.5 Å². The van der Waals surface area contributed by atoms with Gasteiger partial charge in [0.15, 0.2) is 5.16 Å². The van der Waals surface area contributed by atoms with Crippen molar-refractivity contribution in [3.05, 3.63) is 57.7 Å². The molecule has 1 aromatic carbocycles. The number of nitrogens with one attached hydrogen (secondary N) is 1. The van der Waals surface area contributed by atoms with E-state index in [0.717, 1.165) is 30.5 Å². The molecule has 10 heteroatoms. The minimum Gasteiger partial charge on any atom is -0.376 e. The van der Waals surface area contributed by atoms with Crippen molar-refractivity contribution in [1.29, 1.82) is 0 Å². The molecule has 0 aliphatic carbocycles. The molecule has 160 valence electrons. The molecule has 4 heterocycles. The zero-order chi connectivity index (χ0) is 21.2. The lowest BCUT2D eigenvalue weighted by Crippen LogP contribution is -2.28. The molecule has 0 radical (unpaired) electrons. The molecule has 5 rings (SSSR count). The van der Waals surface area contributed by atoms with Crippen LogP contribution in [0.1, 0.15) is 18.4 Å². The Hall–Kier alpha value is -2.69. The predicted octanol–water partition coefficient (Wildman–Crippen LogP) is 2.69.